The molecule has 0 saturated heterocycles. The molecule has 28 heavy (non-hydrogen) atoms. The molecule has 2 aromatic rings. The first kappa shape index (κ1) is 22.2. The van der Waals surface area contributed by atoms with Crippen LogP contribution in [-0.2, 0) is 22.4 Å². The van der Waals surface area contributed by atoms with Crippen LogP contribution in [0.3, 0.4) is 0 Å². The molecular weight excluding hydrogens is 446 g/mol. The van der Waals surface area contributed by atoms with E-state index in [2.05, 4.69) is 21.2 Å². The molecule has 0 aliphatic carbocycles. The quantitative estimate of drug-likeness (QED) is 0.531. The first-order valence-electron chi connectivity index (χ1n) is 8.93. The first-order chi connectivity index (χ1) is 13.4. The van der Waals surface area contributed by atoms with Crippen LogP contribution >= 0.6 is 27.3 Å². The van der Waals surface area contributed by atoms with E-state index in [1.165, 1.54) is 11.3 Å². The minimum atomic E-state index is -0.420. The first-order valence-corrected chi connectivity index (χ1v) is 10.5. The maximum Gasteiger partial charge on any atom is 0.341 e. The smallest absolute Gasteiger partial charge is 0.341 e. The van der Waals surface area contributed by atoms with E-state index in [0.29, 0.717) is 28.5 Å². The van der Waals surface area contributed by atoms with Crippen LogP contribution in [0.1, 0.15) is 41.1 Å². The molecule has 8 heteroatoms. The van der Waals surface area contributed by atoms with Gasteiger partial charge in [-0.2, -0.15) is 0 Å². The molecule has 1 aromatic heterocycles. The molecule has 6 nitrogen and oxygen atoms in total. The Bertz CT molecular complexity index is 849. The highest BCUT2D eigenvalue weighted by atomic mass is 79.9. The highest BCUT2D eigenvalue weighted by Gasteiger charge is 2.19. The lowest BCUT2D eigenvalue weighted by atomic mass is 10.1. The number of benzene rings is 1. The molecule has 0 unspecified atom stereocenters. The summed E-state index contributed by atoms with van der Waals surface area (Å²) in [5.41, 5.74) is 1.34. The van der Waals surface area contributed by atoms with Gasteiger partial charge in [0.05, 0.1) is 26.4 Å². The number of anilines is 1. The van der Waals surface area contributed by atoms with Gasteiger partial charge in [-0.05, 0) is 43.5 Å². The average Bonchev–Trinajstić information content (AvgIpc) is 3.09. The van der Waals surface area contributed by atoms with E-state index in [0.717, 1.165) is 21.3 Å². The summed E-state index contributed by atoms with van der Waals surface area (Å²) < 4.78 is 16.5. The van der Waals surface area contributed by atoms with E-state index in [1.807, 2.05) is 19.1 Å². The largest absolute Gasteiger partial charge is 0.493 e. The van der Waals surface area contributed by atoms with Crippen molar-refractivity contribution in [3.05, 3.63) is 38.7 Å². The Balaban J connectivity index is 2.09. The topological polar surface area (TPSA) is 73.9 Å². The van der Waals surface area contributed by atoms with Crippen molar-refractivity contribution in [1.29, 1.82) is 0 Å². The predicted octanol–water partition coefficient (Wildman–Crippen LogP) is 4.84. The van der Waals surface area contributed by atoms with Gasteiger partial charge in [0.15, 0.2) is 11.5 Å². The molecule has 0 aliphatic heterocycles. The molecule has 0 bridgehead atoms. The molecule has 0 spiro atoms. The minimum Gasteiger partial charge on any atom is -0.493 e. The number of methoxy groups -OCH3 is 2. The lowest BCUT2D eigenvalue weighted by Crippen LogP contribution is -2.14. The van der Waals surface area contributed by atoms with Crippen molar-refractivity contribution >= 4 is 44.1 Å². The fraction of sp³-hybridized carbons (Fsp3) is 0.400. The summed E-state index contributed by atoms with van der Waals surface area (Å²) in [4.78, 5) is 25.6. The maximum absolute atomic E-state index is 12.5. The summed E-state index contributed by atoms with van der Waals surface area (Å²) >= 11 is 4.90. The minimum absolute atomic E-state index is 0.170. The molecule has 2 rings (SSSR count). The van der Waals surface area contributed by atoms with Gasteiger partial charge >= 0.3 is 5.97 Å². The summed E-state index contributed by atoms with van der Waals surface area (Å²) in [6.07, 6.45) is 1.55. The van der Waals surface area contributed by atoms with Gasteiger partial charge in [-0.1, -0.05) is 22.9 Å². The van der Waals surface area contributed by atoms with Gasteiger partial charge in [0.2, 0.25) is 5.91 Å². The normalized spacial score (nSPS) is 10.5. The van der Waals surface area contributed by atoms with Gasteiger partial charge in [0.25, 0.3) is 0 Å². The monoisotopic (exact) mass is 469 g/mol. The van der Waals surface area contributed by atoms with E-state index >= 15 is 0 Å². The van der Waals surface area contributed by atoms with Gasteiger partial charge in [0.1, 0.15) is 5.00 Å². The average molecular weight is 470 g/mol. The number of esters is 1. The zero-order chi connectivity index (χ0) is 20.7. The number of carbonyl (C=O) groups excluding carboxylic acids is 2. The van der Waals surface area contributed by atoms with Crippen LogP contribution in [0.5, 0.6) is 11.5 Å². The van der Waals surface area contributed by atoms with Crippen LogP contribution in [0, 0.1) is 0 Å². The molecule has 0 atom stereocenters. The third kappa shape index (κ3) is 5.48. The van der Waals surface area contributed by atoms with Crippen molar-refractivity contribution < 1.29 is 23.8 Å². The zero-order valence-electron chi connectivity index (χ0n) is 16.4. The molecule has 152 valence electrons. The molecular formula is C20H24BrNO5S. The second-order valence-corrected chi connectivity index (χ2v) is 7.87. The highest BCUT2D eigenvalue weighted by molar-refractivity contribution is 9.10. The van der Waals surface area contributed by atoms with E-state index in [9.17, 15) is 9.59 Å². The summed E-state index contributed by atoms with van der Waals surface area (Å²) in [6, 6.07) is 5.45. The van der Waals surface area contributed by atoms with Crippen molar-refractivity contribution in [2.24, 2.45) is 0 Å². The van der Waals surface area contributed by atoms with Gasteiger partial charge in [0, 0.05) is 15.8 Å². The predicted molar refractivity (Wildman–Crippen MR) is 114 cm³/mol. The number of amides is 1. The third-order valence-electron chi connectivity index (χ3n) is 4.05. The molecule has 1 heterocycles. The van der Waals surface area contributed by atoms with E-state index in [4.69, 9.17) is 14.2 Å². The van der Waals surface area contributed by atoms with Crippen LogP contribution in [0.4, 0.5) is 5.00 Å². The Morgan fingerprint density at radius 1 is 1.11 bits per heavy atom. The fourth-order valence-corrected chi connectivity index (χ4v) is 4.12. The number of aryl methyl sites for hydroxylation is 2. The number of nitrogens with one attached hydrogen (secondary N) is 1. The van der Waals surface area contributed by atoms with Crippen LogP contribution in [0.2, 0.25) is 0 Å². The number of rotatable bonds is 9. The van der Waals surface area contributed by atoms with Crippen molar-refractivity contribution in [2.45, 2.75) is 33.1 Å². The van der Waals surface area contributed by atoms with Crippen molar-refractivity contribution in [3.8, 4) is 11.5 Å². The highest BCUT2D eigenvalue weighted by Crippen LogP contribution is 2.34. The Morgan fingerprint density at radius 3 is 2.39 bits per heavy atom. The number of hydrogen-bond acceptors (Lipinski definition) is 6. The Morgan fingerprint density at radius 2 is 1.79 bits per heavy atom. The van der Waals surface area contributed by atoms with Gasteiger partial charge in [-0.25, -0.2) is 4.79 Å². The number of thiophene rings is 1. The Hall–Kier alpha value is -2.06. The number of hydrogen-bond donors (Lipinski definition) is 1. The summed E-state index contributed by atoms with van der Waals surface area (Å²) in [7, 11) is 3.14. The van der Waals surface area contributed by atoms with Crippen LogP contribution in [0.25, 0.3) is 0 Å². The van der Waals surface area contributed by atoms with Crippen molar-refractivity contribution in [2.75, 3.05) is 26.1 Å². The van der Waals surface area contributed by atoms with Crippen LogP contribution in [-0.4, -0.2) is 32.7 Å². The maximum atomic E-state index is 12.5. The SMILES string of the molecule is CCOC(=O)c1cc(CC)sc1NC(=O)CCc1cc(OC)c(OC)cc1Br. The zero-order valence-corrected chi connectivity index (χ0v) is 18.8. The van der Waals surface area contributed by atoms with Gasteiger partial charge in [-0.15, -0.1) is 11.3 Å². The number of ether oxygens (including phenoxy) is 3. The van der Waals surface area contributed by atoms with Crippen LogP contribution in [0.15, 0.2) is 22.7 Å². The second kappa shape index (κ2) is 10.5. The van der Waals surface area contributed by atoms with Gasteiger partial charge < -0.3 is 19.5 Å². The molecule has 1 amide bonds. The molecule has 1 aromatic carbocycles. The Labute approximate surface area is 177 Å². The van der Waals surface area contributed by atoms with Gasteiger partial charge in [-0.3, -0.25) is 4.79 Å². The summed E-state index contributed by atoms with van der Waals surface area (Å²) in [5.74, 6) is 0.636. The summed E-state index contributed by atoms with van der Waals surface area (Å²) in [6.45, 7) is 4.04. The van der Waals surface area contributed by atoms with Crippen molar-refractivity contribution in [3.63, 3.8) is 0 Å². The number of halogens is 1. The lowest BCUT2D eigenvalue weighted by Gasteiger charge is -2.12. The molecule has 0 saturated carbocycles. The third-order valence-corrected chi connectivity index (χ3v) is 5.99. The Kier molecular flexibility index (Phi) is 8.32. The lowest BCUT2D eigenvalue weighted by molar-refractivity contribution is -0.116. The standard InChI is InChI=1S/C20H24BrNO5S/c1-5-13-10-14(20(24)27-6-2)19(28-13)22-18(23)8-7-12-9-16(25-3)17(26-4)11-15(12)21/h9-11H,5-8H2,1-4H3,(H,22,23). The molecule has 0 radical (unpaired) electrons. The van der Waals surface area contributed by atoms with E-state index in [1.54, 1.807) is 27.2 Å². The van der Waals surface area contributed by atoms with E-state index < -0.39 is 5.97 Å². The van der Waals surface area contributed by atoms with E-state index in [-0.39, 0.29) is 18.9 Å². The van der Waals surface area contributed by atoms with Crippen molar-refractivity contribution in [1.82, 2.24) is 0 Å². The second-order valence-electron chi connectivity index (χ2n) is 5.88. The molecule has 0 fully saturated rings. The van der Waals surface area contributed by atoms with Crippen LogP contribution < -0.4 is 14.8 Å². The molecule has 0 aliphatic rings. The number of carbonyl (C=O) groups is 2. The fourth-order valence-electron chi connectivity index (χ4n) is 2.59. The molecule has 1 N–H and O–H groups in total. The summed E-state index contributed by atoms with van der Waals surface area (Å²) in [5, 5.41) is 3.39.